The van der Waals surface area contributed by atoms with Crippen LogP contribution >= 0.6 is 0 Å². The number of methoxy groups -OCH3 is 1. The molecule has 0 spiro atoms. The van der Waals surface area contributed by atoms with E-state index >= 15 is 0 Å². The predicted octanol–water partition coefficient (Wildman–Crippen LogP) is 1.36. The number of piperazine rings is 1. The minimum Gasteiger partial charge on any atom is -0.465 e. The van der Waals surface area contributed by atoms with Crippen molar-refractivity contribution in [3.8, 4) is 0 Å². The third-order valence-electron chi connectivity index (χ3n) is 3.70. The monoisotopic (exact) mass is 273 g/mol. The van der Waals surface area contributed by atoms with E-state index in [4.69, 9.17) is 4.74 Å². The number of nitrogens with zero attached hydrogens (tertiary/aromatic N) is 1. The molecule has 0 saturated carbocycles. The summed E-state index contributed by atoms with van der Waals surface area (Å²) >= 11 is 0. The second-order valence-electron chi connectivity index (χ2n) is 5.11. The fourth-order valence-electron chi connectivity index (χ4n) is 2.63. The zero-order valence-corrected chi connectivity index (χ0v) is 11.6. The molecule has 1 saturated heterocycles. The Bertz CT molecular complexity index is 615. The lowest BCUT2D eigenvalue weighted by atomic mass is 10.1. The third-order valence-corrected chi connectivity index (χ3v) is 3.70. The first-order valence-corrected chi connectivity index (χ1v) is 6.89. The van der Waals surface area contributed by atoms with Gasteiger partial charge in [-0.25, -0.2) is 4.79 Å². The molecule has 1 aliphatic heterocycles. The zero-order valence-electron chi connectivity index (χ0n) is 11.6. The van der Waals surface area contributed by atoms with Crippen LogP contribution in [0, 0.1) is 0 Å². The molecule has 20 heavy (non-hydrogen) atoms. The summed E-state index contributed by atoms with van der Waals surface area (Å²) in [5.41, 5.74) is 2.75. The lowest BCUT2D eigenvalue weighted by Gasteiger charge is -2.26. The molecule has 0 radical (unpaired) electrons. The number of aromatic amines is 1. The molecule has 0 atom stereocenters. The molecule has 0 aliphatic carbocycles. The van der Waals surface area contributed by atoms with Gasteiger partial charge in [0.2, 0.25) is 0 Å². The molecule has 1 aromatic carbocycles. The van der Waals surface area contributed by atoms with Crippen LogP contribution in [0.1, 0.15) is 16.1 Å². The average molecular weight is 273 g/mol. The van der Waals surface area contributed by atoms with E-state index in [0.29, 0.717) is 5.56 Å². The molecule has 2 N–H and O–H groups in total. The Morgan fingerprint density at radius 2 is 2.10 bits per heavy atom. The summed E-state index contributed by atoms with van der Waals surface area (Å²) in [6.45, 7) is 5.16. The highest BCUT2D eigenvalue weighted by molar-refractivity contribution is 5.94. The van der Waals surface area contributed by atoms with Crippen molar-refractivity contribution in [2.45, 2.75) is 6.54 Å². The van der Waals surface area contributed by atoms with E-state index in [9.17, 15) is 4.79 Å². The smallest absolute Gasteiger partial charge is 0.337 e. The summed E-state index contributed by atoms with van der Waals surface area (Å²) in [6, 6.07) is 7.76. The Labute approximate surface area is 117 Å². The number of benzene rings is 1. The van der Waals surface area contributed by atoms with Crippen LogP contribution in [0.4, 0.5) is 0 Å². The molecule has 2 aromatic rings. The Hall–Kier alpha value is -1.85. The standard InChI is InChI=1S/C15H19N3O2/c1-20-15(19)12-3-2-11-8-13(17-14(11)9-12)10-18-6-4-16-5-7-18/h2-3,8-9,16-17H,4-7,10H2,1H3. The highest BCUT2D eigenvalue weighted by Crippen LogP contribution is 2.19. The minimum absolute atomic E-state index is 0.301. The summed E-state index contributed by atoms with van der Waals surface area (Å²) < 4.78 is 4.75. The summed E-state index contributed by atoms with van der Waals surface area (Å²) in [7, 11) is 1.40. The minimum atomic E-state index is -0.301. The highest BCUT2D eigenvalue weighted by atomic mass is 16.5. The maximum Gasteiger partial charge on any atom is 0.337 e. The van der Waals surface area contributed by atoms with Gasteiger partial charge >= 0.3 is 5.97 Å². The molecule has 1 aliphatic rings. The van der Waals surface area contributed by atoms with Crippen molar-refractivity contribution in [2.24, 2.45) is 0 Å². The lowest BCUT2D eigenvalue weighted by Crippen LogP contribution is -2.42. The SMILES string of the molecule is COC(=O)c1ccc2cc(CN3CCNCC3)[nH]c2c1. The number of carbonyl (C=O) groups is 1. The number of rotatable bonds is 3. The van der Waals surface area contributed by atoms with Gasteiger partial charge in [0.1, 0.15) is 0 Å². The molecule has 5 heteroatoms. The molecule has 1 fully saturated rings. The van der Waals surface area contributed by atoms with Gasteiger partial charge in [-0.1, -0.05) is 6.07 Å². The van der Waals surface area contributed by atoms with Crippen LogP contribution < -0.4 is 5.32 Å². The van der Waals surface area contributed by atoms with Gasteiger partial charge in [-0.05, 0) is 23.6 Å². The van der Waals surface area contributed by atoms with Crippen molar-refractivity contribution in [3.63, 3.8) is 0 Å². The zero-order chi connectivity index (χ0) is 13.9. The number of carbonyl (C=O) groups excluding carboxylic acids is 1. The van der Waals surface area contributed by atoms with Crippen LogP contribution in [0.5, 0.6) is 0 Å². The van der Waals surface area contributed by atoms with E-state index in [-0.39, 0.29) is 5.97 Å². The number of nitrogens with one attached hydrogen (secondary N) is 2. The molecule has 1 aromatic heterocycles. The largest absolute Gasteiger partial charge is 0.465 e. The van der Waals surface area contributed by atoms with Gasteiger partial charge in [-0.2, -0.15) is 0 Å². The molecular formula is C15H19N3O2. The maximum absolute atomic E-state index is 11.5. The first-order chi connectivity index (χ1) is 9.76. The fourth-order valence-corrected chi connectivity index (χ4v) is 2.63. The first kappa shape index (κ1) is 13.1. The fraction of sp³-hybridized carbons (Fsp3) is 0.400. The number of hydrogen-bond acceptors (Lipinski definition) is 4. The van der Waals surface area contributed by atoms with Gasteiger partial charge in [-0.15, -0.1) is 0 Å². The van der Waals surface area contributed by atoms with Gasteiger partial charge in [0.05, 0.1) is 12.7 Å². The average Bonchev–Trinajstić information content (AvgIpc) is 2.88. The topological polar surface area (TPSA) is 57.4 Å². The number of aromatic nitrogens is 1. The van der Waals surface area contributed by atoms with Crippen molar-refractivity contribution in [2.75, 3.05) is 33.3 Å². The second-order valence-corrected chi connectivity index (χ2v) is 5.11. The lowest BCUT2D eigenvalue weighted by molar-refractivity contribution is 0.0601. The molecule has 0 unspecified atom stereocenters. The third kappa shape index (κ3) is 2.69. The van der Waals surface area contributed by atoms with Crippen LogP contribution in [0.25, 0.3) is 10.9 Å². The van der Waals surface area contributed by atoms with Crippen molar-refractivity contribution in [1.29, 1.82) is 0 Å². The van der Waals surface area contributed by atoms with E-state index < -0.39 is 0 Å². The normalized spacial score (nSPS) is 16.4. The van der Waals surface area contributed by atoms with Gasteiger partial charge in [0.15, 0.2) is 0 Å². The summed E-state index contributed by atoms with van der Waals surface area (Å²) in [4.78, 5) is 17.3. The Kier molecular flexibility index (Phi) is 3.71. The molecule has 5 nitrogen and oxygen atoms in total. The Morgan fingerprint density at radius 3 is 2.85 bits per heavy atom. The van der Waals surface area contributed by atoms with Crippen LogP contribution in [0.15, 0.2) is 24.3 Å². The molecule has 106 valence electrons. The quantitative estimate of drug-likeness (QED) is 0.829. The van der Waals surface area contributed by atoms with Crippen molar-refractivity contribution >= 4 is 16.9 Å². The summed E-state index contributed by atoms with van der Waals surface area (Å²) in [5.74, 6) is -0.301. The Balaban J connectivity index is 1.81. The van der Waals surface area contributed by atoms with E-state index in [1.165, 1.54) is 12.8 Å². The summed E-state index contributed by atoms with van der Waals surface area (Å²) in [5, 5.41) is 4.48. The van der Waals surface area contributed by atoms with E-state index in [2.05, 4.69) is 21.3 Å². The molecule has 0 bridgehead atoms. The maximum atomic E-state index is 11.5. The van der Waals surface area contributed by atoms with Gasteiger partial charge in [-0.3, -0.25) is 4.90 Å². The number of esters is 1. The summed E-state index contributed by atoms with van der Waals surface area (Å²) in [6.07, 6.45) is 0. The van der Waals surface area contributed by atoms with E-state index in [1.807, 2.05) is 12.1 Å². The van der Waals surface area contributed by atoms with Crippen LogP contribution in [0.2, 0.25) is 0 Å². The van der Waals surface area contributed by atoms with Gasteiger partial charge in [0.25, 0.3) is 0 Å². The van der Waals surface area contributed by atoms with Crippen LogP contribution in [-0.2, 0) is 11.3 Å². The molecular weight excluding hydrogens is 254 g/mol. The van der Waals surface area contributed by atoms with E-state index in [0.717, 1.165) is 43.6 Å². The molecule has 0 amide bonds. The number of hydrogen-bond donors (Lipinski definition) is 2. The number of fused-ring (bicyclic) bond motifs is 1. The van der Waals surface area contributed by atoms with Gasteiger partial charge < -0.3 is 15.0 Å². The Morgan fingerprint density at radius 1 is 1.30 bits per heavy atom. The first-order valence-electron chi connectivity index (χ1n) is 6.89. The van der Waals surface area contributed by atoms with Gasteiger partial charge in [0, 0.05) is 43.9 Å². The van der Waals surface area contributed by atoms with Crippen molar-refractivity contribution < 1.29 is 9.53 Å². The van der Waals surface area contributed by atoms with E-state index in [1.54, 1.807) is 6.07 Å². The second kappa shape index (κ2) is 5.64. The number of ether oxygens (including phenoxy) is 1. The predicted molar refractivity (Wildman–Crippen MR) is 77.8 cm³/mol. The van der Waals surface area contributed by atoms with Crippen LogP contribution in [0.3, 0.4) is 0 Å². The number of H-pyrrole nitrogens is 1. The molecule has 2 heterocycles. The van der Waals surface area contributed by atoms with Crippen LogP contribution in [-0.4, -0.2) is 49.1 Å². The highest BCUT2D eigenvalue weighted by Gasteiger charge is 2.12. The molecule has 3 rings (SSSR count). The van der Waals surface area contributed by atoms with Crippen molar-refractivity contribution in [1.82, 2.24) is 15.2 Å². The van der Waals surface area contributed by atoms with Crippen molar-refractivity contribution in [3.05, 3.63) is 35.5 Å².